The lowest BCUT2D eigenvalue weighted by atomic mass is 9.71. The Morgan fingerprint density at radius 3 is 2.73 bits per heavy atom. The van der Waals surface area contributed by atoms with E-state index in [1.54, 1.807) is 24.9 Å². The van der Waals surface area contributed by atoms with Gasteiger partial charge in [0.1, 0.15) is 5.54 Å². The maximum Gasteiger partial charge on any atom is 0.235 e. The van der Waals surface area contributed by atoms with Gasteiger partial charge in [0.15, 0.2) is 5.96 Å². The monoisotopic (exact) mass is 421 g/mol. The minimum Gasteiger partial charge on any atom is -0.369 e. The van der Waals surface area contributed by atoms with E-state index in [4.69, 9.17) is 10.7 Å². The average Bonchev–Trinajstić information content (AvgIpc) is 3.18. The summed E-state index contributed by atoms with van der Waals surface area (Å²) >= 11 is 1.53. The topological polar surface area (TPSA) is 103 Å². The number of aliphatic imine (C=N–C) groups is 1. The molecule has 1 aromatic heterocycles. The third kappa shape index (κ3) is 3.15. The molecular formula is C22H23N5O2S. The zero-order chi connectivity index (χ0) is 21.6. The maximum absolute atomic E-state index is 13.2. The molecule has 2 N–H and O–H groups in total. The van der Waals surface area contributed by atoms with Crippen LogP contribution in [0.4, 0.5) is 0 Å². The lowest BCUT2D eigenvalue weighted by molar-refractivity contribution is -0.147. The van der Waals surface area contributed by atoms with E-state index in [1.807, 2.05) is 36.6 Å². The SMILES string of the molecule is CC(=O)N1CC([C@H]2C(=O)N(C)C(N)=N[C@]2(C)c2cc(-c3cccc(C#N)c3)cs2)C1. The van der Waals surface area contributed by atoms with Crippen molar-refractivity contribution in [3.05, 3.63) is 46.2 Å². The van der Waals surface area contributed by atoms with Gasteiger partial charge in [-0.15, -0.1) is 11.3 Å². The Bertz CT molecular complexity index is 1090. The van der Waals surface area contributed by atoms with Crippen LogP contribution >= 0.6 is 11.3 Å². The number of rotatable bonds is 3. The first-order chi connectivity index (χ1) is 14.2. The van der Waals surface area contributed by atoms with Crippen LogP contribution in [0.5, 0.6) is 0 Å². The quantitative estimate of drug-likeness (QED) is 0.822. The largest absolute Gasteiger partial charge is 0.369 e. The van der Waals surface area contributed by atoms with Crippen molar-refractivity contribution in [1.29, 1.82) is 5.26 Å². The molecule has 2 atom stereocenters. The molecule has 4 rings (SSSR count). The molecule has 2 aliphatic heterocycles. The van der Waals surface area contributed by atoms with Crippen molar-refractivity contribution in [1.82, 2.24) is 9.80 Å². The standard InChI is InChI=1S/C22H23N5O2S/c1-13(28)27-10-17(11-27)19-20(29)26(3)21(24)25-22(19,2)18-8-16(12-30-18)15-6-4-5-14(7-15)9-23/h4-8,12,17,19H,10-11H2,1-3H3,(H2,24,25)/t19-,22+/m0/s1. The van der Waals surface area contributed by atoms with E-state index in [-0.39, 0.29) is 23.7 Å². The van der Waals surface area contributed by atoms with Crippen molar-refractivity contribution in [2.45, 2.75) is 19.4 Å². The fraction of sp³-hybridized carbons (Fsp3) is 0.364. The zero-order valence-corrected chi connectivity index (χ0v) is 17.9. The summed E-state index contributed by atoms with van der Waals surface area (Å²) in [7, 11) is 1.64. The molecule has 0 radical (unpaired) electrons. The average molecular weight is 422 g/mol. The summed E-state index contributed by atoms with van der Waals surface area (Å²) in [5.74, 6) is -0.230. The Hall–Kier alpha value is -3.18. The molecule has 2 amide bonds. The molecule has 8 heteroatoms. The van der Waals surface area contributed by atoms with Crippen LogP contribution in [-0.2, 0) is 15.1 Å². The van der Waals surface area contributed by atoms with Gasteiger partial charge in [0.25, 0.3) is 0 Å². The molecule has 1 fully saturated rings. The molecule has 7 nitrogen and oxygen atoms in total. The highest BCUT2D eigenvalue weighted by Gasteiger charge is 2.53. The van der Waals surface area contributed by atoms with Crippen molar-refractivity contribution in [2.24, 2.45) is 22.6 Å². The van der Waals surface area contributed by atoms with Crippen LogP contribution in [-0.4, -0.2) is 47.7 Å². The van der Waals surface area contributed by atoms with Gasteiger partial charge < -0.3 is 10.6 Å². The molecule has 154 valence electrons. The van der Waals surface area contributed by atoms with Gasteiger partial charge in [0.2, 0.25) is 11.8 Å². The van der Waals surface area contributed by atoms with Gasteiger partial charge in [-0.25, -0.2) is 4.99 Å². The number of thiophene rings is 1. The third-order valence-corrected chi connectivity index (χ3v) is 7.30. The van der Waals surface area contributed by atoms with E-state index in [0.29, 0.717) is 18.7 Å². The van der Waals surface area contributed by atoms with Crippen LogP contribution in [0.2, 0.25) is 0 Å². The number of amides is 2. The molecule has 2 aliphatic rings. The van der Waals surface area contributed by atoms with Crippen LogP contribution in [0, 0.1) is 23.2 Å². The fourth-order valence-corrected chi connectivity index (χ4v) is 5.38. The van der Waals surface area contributed by atoms with Crippen LogP contribution in [0.15, 0.2) is 40.7 Å². The summed E-state index contributed by atoms with van der Waals surface area (Å²) in [5, 5.41) is 11.2. The van der Waals surface area contributed by atoms with Gasteiger partial charge in [-0.2, -0.15) is 5.26 Å². The summed E-state index contributed by atoms with van der Waals surface area (Å²) in [4.78, 5) is 33.7. The molecular weight excluding hydrogens is 398 g/mol. The minimum absolute atomic E-state index is 0.0170. The molecule has 3 heterocycles. The normalized spacial score (nSPS) is 24.3. The highest BCUT2D eigenvalue weighted by atomic mass is 32.1. The Kier molecular flexibility index (Phi) is 4.86. The first-order valence-electron chi connectivity index (χ1n) is 9.72. The number of carbonyl (C=O) groups is 2. The van der Waals surface area contributed by atoms with Crippen LogP contribution in [0.3, 0.4) is 0 Å². The smallest absolute Gasteiger partial charge is 0.235 e. The molecule has 1 saturated heterocycles. The predicted molar refractivity (Wildman–Crippen MR) is 115 cm³/mol. The molecule has 0 spiro atoms. The van der Waals surface area contributed by atoms with Crippen molar-refractivity contribution >= 4 is 29.1 Å². The van der Waals surface area contributed by atoms with Crippen LogP contribution in [0.1, 0.15) is 24.3 Å². The number of nitrogens with zero attached hydrogens (tertiary/aromatic N) is 4. The van der Waals surface area contributed by atoms with E-state index in [0.717, 1.165) is 16.0 Å². The van der Waals surface area contributed by atoms with Crippen molar-refractivity contribution in [2.75, 3.05) is 20.1 Å². The first kappa shape index (κ1) is 20.1. The maximum atomic E-state index is 13.2. The molecule has 30 heavy (non-hydrogen) atoms. The van der Waals surface area contributed by atoms with E-state index in [9.17, 15) is 14.9 Å². The Morgan fingerprint density at radius 1 is 1.33 bits per heavy atom. The van der Waals surface area contributed by atoms with Crippen molar-refractivity contribution in [3.63, 3.8) is 0 Å². The van der Waals surface area contributed by atoms with Gasteiger partial charge >= 0.3 is 0 Å². The number of nitrogens with two attached hydrogens (primary N) is 1. The number of guanidine groups is 1. The van der Waals surface area contributed by atoms with E-state index >= 15 is 0 Å². The molecule has 0 aliphatic carbocycles. The van der Waals surface area contributed by atoms with Crippen molar-refractivity contribution in [3.8, 4) is 17.2 Å². The summed E-state index contributed by atoms with van der Waals surface area (Å²) in [6, 6.07) is 11.6. The number of benzene rings is 1. The second-order valence-corrected chi connectivity index (χ2v) is 8.98. The summed E-state index contributed by atoms with van der Waals surface area (Å²) < 4.78 is 0. The van der Waals surface area contributed by atoms with Gasteiger partial charge in [0, 0.05) is 37.9 Å². The summed E-state index contributed by atoms with van der Waals surface area (Å²) in [6.45, 7) is 4.59. The number of likely N-dealkylation sites (tertiary alicyclic amines) is 1. The van der Waals surface area contributed by atoms with Crippen LogP contribution < -0.4 is 5.73 Å². The van der Waals surface area contributed by atoms with Gasteiger partial charge in [-0.3, -0.25) is 14.5 Å². The highest BCUT2D eigenvalue weighted by molar-refractivity contribution is 7.10. The number of hydrogen-bond donors (Lipinski definition) is 1. The minimum atomic E-state index is -0.809. The Labute approximate surface area is 179 Å². The Morgan fingerprint density at radius 2 is 2.07 bits per heavy atom. The van der Waals surface area contributed by atoms with E-state index in [1.165, 1.54) is 16.2 Å². The first-order valence-corrected chi connectivity index (χ1v) is 10.6. The molecule has 0 bridgehead atoms. The van der Waals surface area contributed by atoms with Gasteiger partial charge in [-0.05, 0) is 41.6 Å². The molecule has 1 aromatic carbocycles. The second-order valence-electron chi connectivity index (χ2n) is 8.07. The summed E-state index contributed by atoms with van der Waals surface area (Å²) in [5.41, 5.74) is 7.80. The van der Waals surface area contributed by atoms with E-state index < -0.39 is 11.5 Å². The lowest BCUT2D eigenvalue weighted by Gasteiger charge is -2.49. The third-order valence-electron chi connectivity index (χ3n) is 6.14. The lowest BCUT2D eigenvalue weighted by Crippen LogP contribution is -2.62. The number of hydrogen-bond acceptors (Lipinski definition) is 6. The molecule has 0 saturated carbocycles. The Balaban J connectivity index is 1.73. The zero-order valence-electron chi connectivity index (χ0n) is 17.1. The van der Waals surface area contributed by atoms with Gasteiger partial charge in [-0.1, -0.05) is 12.1 Å². The fourth-order valence-electron chi connectivity index (χ4n) is 4.32. The molecule has 0 unspecified atom stereocenters. The second kappa shape index (κ2) is 7.26. The van der Waals surface area contributed by atoms with Crippen LogP contribution in [0.25, 0.3) is 11.1 Å². The number of carbonyl (C=O) groups excluding carboxylic acids is 2. The predicted octanol–water partition coefficient (Wildman–Crippen LogP) is 2.38. The highest BCUT2D eigenvalue weighted by Crippen LogP contribution is 2.47. The van der Waals surface area contributed by atoms with Crippen molar-refractivity contribution < 1.29 is 9.59 Å². The van der Waals surface area contributed by atoms with E-state index in [2.05, 4.69) is 6.07 Å². The van der Waals surface area contributed by atoms with Gasteiger partial charge in [0.05, 0.1) is 17.6 Å². The summed E-state index contributed by atoms with van der Waals surface area (Å²) in [6.07, 6.45) is 0. The molecule has 2 aromatic rings. The number of nitriles is 1.